The summed E-state index contributed by atoms with van der Waals surface area (Å²) in [5.74, 6) is -2.53. The van der Waals surface area contributed by atoms with Crippen LogP contribution in [0, 0.1) is 18.6 Å². The minimum absolute atomic E-state index is 0.158. The summed E-state index contributed by atoms with van der Waals surface area (Å²) < 4.78 is 29.2. The number of para-hydroxylation sites is 1. The van der Waals surface area contributed by atoms with E-state index in [1.807, 2.05) is 13.0 Å². The van der Waals surface area contributed by atoms with Gasteiger partial charge in [-0.3, -0.25) is 19.5 Å². The molecule has 1 unspecified atom stereocenters. The SMILES string of the molecule is C=NN(C)c1ccc(NC(=O)c2ccc(=O)n(-c3c(F)cccc3F)n2)c(N2C[C@@H]3[C@H]4[C@H]2CN43)c1C. The summed E-state index contributed by atoms with van der Waals surface area (Å²) in [7, 11) is 1.80. The van der Waals surface area contributed by atoms with Gasteiger partial charge in [-0.2, -0.15) is 14.9 Å². The van der Waals surface area contributed by atoms with Crippen LogP contribution in [0.3, 0.4) is 0 Å². The van der Waals surface area contributed by atoms with Crippen molar-refractivity contribution >= 4 is 29.7 Å². The van der Waals surface area contributed by atoms with Gasteiger partial charge < -0.3 is 10.2 Å². The van der Waals surface area contributed by atoms with Crippen LogP contribution in [0.15, 0.2) is 52.4 Å². The first-order valence-corrected chi connectivity index (χ1v) is 11.5. The number of amides is 1. The highest BCUT2D eigenvalue weighted by atomic mass is 19.1. The maximum absolute atomic E-state index is 14.3. The number of nitrogens with one attached hydrogen (secondary N) is 1. The zero-order valence-electron chi connectivity index (χ0n) is 19.7. The number of rotatable bonds is 6. The number of piperazine rings is 2. The summed E-state index contributed by atoms with van der Waals surface area (Å²) >= 11 is 0. The minimum atomic E-state index is -0.960. The number of halogens is 2. The highest BCUT2D eigenvalue weighted by molar-refractivity contribution is 6.05. The van der Waals surface area contributed by atoms with Gasteiger partial charge in [0, 0.05) is 45.0 Å². The maximum atomic E-state index is 14.3. The van der Waals surface area contributed by atoms with Crippen LogP contribution in [-0.2, 0) is 0 Å². The van der Waals surface area contributed by atoms with E-state index in [9.17, 15) is 18.4 Å². The molecule has 3 saturated heterocycles. The zero-order valence-corrected chi connectivity index (χ0v) is 19.7. The predicted octanol–water partition coefficient (Wildman–Crippen LogP) is 2.38. The van der Waals surface area contributed by atoms with Crippen LogP contribution in [0.25, 0.3) is 5.69 Å². The molecule has 4 heterocycles. The molecule has 0 saturated carbocycles. The molecular weight excluding hydrogens is 468 g/mol. The van der Waals surface area contributed by atoms with Crippen LogP contribution in [-0.4, -0.2) is 65.6 Å². The standard InChI is InChI=1S/C25H23F2N7O2/c1-13-18(31(3)28-2)9-7-16(22(13)32-11-20-24-19(32)12-33(20)24)29-25(36)17-8-10-21(35)34(30-17)23-14(26)5-4-6-15(23)27/h4-10,19-20,24H,2,11-12H2,1,3H3,(H,29,36)/t19-,20-,24-,33?/m1/s1. The fraction of sp³-hybridized carbons (Fsp3) is 0.280. The van der Waals surface area contributed by atoms with Gasteiger partial charge in [0.1, 0.15) is 11.4 Å². The van der Waals surface area contributed by atoms with E-state index in [2.05, 4.69) is 32.0 Å². The Labute approximate surface area is 205 Å². The van der Waals surface area contributed by atoms with Crippen LogP contribution >= 0.6 is 0 Å². The second kappa shape index (κ2) is 7.95. The van der Waals surface area contributed by atoms with Gasteiger partial charge in [0.2, 0.25) is 0 Å². The average Bonchev–Trinajstić information content (AvgIpc) is 3.28. The molecule has 3 aliphatic rings. The van der Waals surface area contributed by atoms with E-state index in [1.54, 1.807) is 18.1 Å². The van der Waals surface area contributed by atoms with Crippen LogP contribution in [0.2, 0.25) is 0 Å². The molecule has 3 fully saturated rings. The average molecular weight is 492 g/mol. The van der Waals surface area contributed by atoms with Crippen molar-refractivity contribution in [2.24, 2.45) is 5.10 Å². The van der Waals surface area contributed by atoms with Crippen LogP contribution in [0.4, 0.5) is 25.8 Å². The summed E-state index contributed by atoms with van der Waals surface area (Å²) in [4.78, 5) is 30.4. The summed E-state index contributed by atoms with van der Waals surface area (Å²) in [6.07, 6.45) is 0. The van der Waals surface area contributed by atoms with Gasteiger partial charge in [-0.1, -0.05) is 6.07 Å². The highest BCUT2D eigenvalue weighted by Crippen LogP contribution is 2.53. The topological polar surface area (TPSA) is 85.8 Å². The zero-order chi connectivity index (χ0) is 25.3. The van der Waals surface area contributed by atoms with Gasteiger partial charge in [0.05, 0.1) is 23.1 Å². The van der Waals surface area contributed by atoms with Crippen molar-refractivity contribution in [2.45, 2.75) is 25.0 Å². The Bertz CT molecular complexity index is 1470. The molecule has 1 N–H and O–H groups in total. The molecule has 3 aliphatic heterocycles. The third-order valence-corrected chi connectivity index (χ3v) is 7.37. The van der Waals surface area contributed by atoms with Gasteiger partial charge in [-0.25, -0.2) is 8.78 Å². The monoisotopic (exact) mass is 491 g/mol. The Morgan fingerprint density at radius 1 is 1.11 bits per heavy atom. The van der Waals surface area contributed by atoms with E-state index in [1.165, 1.54) is 12.1 Å². The molecule has 0 bridgehead atoms. The number of fused-ring (bicyclic) bond motifs is 1. The number of aromatic nitrogens is 2. The van der Waals surface area contributed by atoms with Crippen molar-refractivity contribution in [3.63, 3.8) is 0 Å². The molecular formula is C25H23F2N7O2. The fourth-order valence-electron chi connectivity index (χ4n) is 5.52. The van der Waals surface area contributed by atoms with E-state index < -0.39 is 28.8 Å². The van der Waals surface area contributed by atoms with Crippen molar-refractivity contribution in [1.82, 2.24) is 14.7 Å². The third-order valence-electron chi connectivity index (χ3n) is 7.37. The van der Waals surface area contributed by atoms with E-state index in [0.717, 1.165) is 48.2 Å². The Morgan fingerprint density at radius 3 is 2.50 bits per heavy atom. The van der Waals surface area contributed by atoms with Crippen molar-refractivity contribution < 1.29 is 13.6 Å². The number of hydrazone groups is 1. The molecule has 0 spiro atoms. The molecule has 3 aromatic rings. The summed E-state index contributed by atoms with van der Waals surface area (Å²) in [6, 6.07) is 10.6. The van der Waals surface area contributed by atoms with Crippen molar-refractivity contribution in [2.75, 3.05) is 35.4 Å². The lowest BCUT2D eigenvalue weighted by atomic mass is 10.0. The number of carbonyl (C=O) groups is 1. The van der Waals surface area contributed by atoms with Gasteiger partial charge in [0.25, 0.3) is 11.5 Å². The minimum Gasteiger partial charge on any atom is -0.362 e. The Kier molecular flexibility index (Phi) is 4.94. The van der Waals surface area contributed by atoms with Crippen LogP contribution < -0.4 is 20.8 Å². The smallest absolute Gasteiger partial charge is 0.276 e. The Hall–Kier alpha value is -4.12. The van der Waals surface area contributed by atoms with E-state index in [4.69, 9.17) is 0 Å². The van der Waals surface area contributed by atoms with Gasteiger partial charge in [-0.05, 0) is 42.8 Å². The largest absolute Gasteiger partial charge is 0.362 e. The molecule has 9 nitrogen and oxygen atoms in total. The third kappa shape index (κ3) is 3.23. The molecule has 11 heteroatoms. The summed E-state index contributed by atoms with van der Waals surface area (Å²) in [5, 5.41) is 12.6. The first-order chi connectivity index (χ1) is 17.3. The second-order valence-electron chi connectivity index (χ2n) is 9.24. The lowest BCUT2D eigenvalue weighted by molar-refractivity contribution is 0.102. The summed E-state index contributed by atoms with van der Waals surface area (Å²) in [5.41, 5.74) is 1.71. The quantitative estimate of drug-likeness (QED) is 0.324. The lowest BCUT2D eigenvalue weighted by Crippen LogP contribution is -2.52. The molecule has 0 aliphatic carbocycles. The number of anilines is 3. The molecule has 2 aromatic carbocycles. The second-order valence-corrected chi connectivity index (χ2v) is 9.24. The number of benzene rings is 2. The highest BCUT2D eigenvalue weighted by Gasteiger charge is 2.68. The van der Waals surface area contributed by atoms with Crippen molar-refractivity contribution in [3.05, 3.63) is 75.7 Å². The van der Waals surface area contributed by atoms with Gasteiger partial charge in [0.15, 0.2) is 11.6 Å². The number of nitrogens with zero attached hydrogens (tertiary/aromatic N) is 6. The van der Waals surface area contributed by atoms with E-state index in [-0.39, 0.29) is 5.69 Å². The molecule has 36 heavy (non-hydrogen) atoms. The van der Waals surface area contributed by atoms with E-state index >= 15 is 0 Å². The predicted molar refractivity (Wildman–Crippen MR) is 132 cm³/mol. The van der Waals surface area contributed by atoms with Gasteiger partial charge in [-0.15, -0.1) is 0 Å². The van der Waals surface area contributed by atoms with Gasteiger partial charge >= 0.3 is 0 Å². The number of hydrogen-bond acceptors (Lipinski definition) is 7. The summed E-state index contributed by atoms with van der Waals surface area (Å²) in [6.45, 7) is 7.43. The van der Waals surface area contributed by atoms with Crippen molar-refractivity contribution in [3.8, 4) is 5.69 Å². The van der Waals surface area contributed by atoms with E-state index in [0.29, 0.717) is 28.5 Å². The maximum Gasteiger partial charge on any atom is 0.276 e. The first-order valence-electron chi connectivity index (χ1n) is 11.5. The number of carbonyl (C=O) groups excluding carboxylic acids is 1. The molecule has 4 atom stereocenters. The first kappa shape index (κ1) is 22.4. The molecule has 1 amide bonds. The molecule has 184 valence electrons. The molecule has 6 rings (SSSR count). The van der Waals surface area contributed by atoms with Crippen molar-refractivity contribution in [1.29, 1.82) is 0 Å². The Morgan fingerprint density at radius 2 is 1.86 bits per heavy atom. The molecule has 0 radical (unpaired) electrons. The fourth-order valence-corrected chi connectivity index (χ4v) is 5.52. The normalized spacial score (nSPS) is 23.1. The van der Waals surface area contributed by atoms with Crippen LogP contribution in [0.5, 0.6) is 0 Å². The molecule has 1 aromatic heterocycles. The number of hydrogen-bond donors (Lipinski definition) is 1. The van der Waals surface area contributed by atoms with Crippen LogP contribution in [0.1, 0.15) is 16.1 Å². The Balaban J connectivity index is 1.37. The lowest BCUT2D eigenvalue weighted by Gasteiger charge is -2.41.